The molecule has 0 aliphatic heterocycles. The summed E-state index contributed by atoms with van der Waals surface area (Å²) in [5.74, 6) is 0.678. The second-order valence-electron chi connectivity index (χ2n) is 4.12. The van der Waals surface area contributed by atoms with Gasteiger partial charge in [-0.3, -0.25) is 4.79 Å². The number of benzene rings is 2. The van der Waals surface area contributed by atoms with Crippen molar-refractivity contribution in [3.05, 3.63) is 66.2 Å². The normalized spacial score (nSPS) is 10.6. The fourth-order valence-electron chi connectivity index (χ4n) is 1.55. The highest BCUT2D eigenvalue weighted by atomic mass is 32.2. The predicted molar refractivity (Wildman–Crippen MR) is 84.0 cm³/mol. The van der Waals surface area contributed by atoms with Crippen LogP contribution >= 0.6 is 11.8 Å². The van der Waals surface area contributed by atoms with Gasteiger partial charge in [0.05, 0.1) is 6.21 Å². The maximum Gasteiger partial charge on any atom is 0.240 e. The highest BCUT2D eigenvalue weighted by molar-refractivity contribution is 7.99. The molecule has 0 radical (unpaired) electrons. The van der Waals surface area contributed by atoms with E-state index in [-0.39, 0.29) is 5.91 Å². The van der Waals surface area contributed by atoms with Gasteiger partial charge in [0.25, 0.3) is 0 Å². The molecule has 0 saturated carbocycles. The monoisotopic (exact) mass is 284 g/mol. The number of thioether (sulfide) groups is 1. The Hall–Kier alpha value is -2.07. The molecule has 0 bridgehead atoms. The second kappa shape index (κ2) is 8.17. The molecule has 0 aromatic heterocycles. The number of nitrogens with one attached hydrogen (secondary N) is 1. The van der Waals surface area contributed by atoms with E-state index < -0.39 is 0 Å². The first-order chi connectivity index (χ1) is 9.84. The Morgan fingerprint density at radius 2 is 1.70 bits per heavy atom. The zero-order valence-electron chi connectivity index (χ0n) is 11.0. The Kier molecular flexibility index (Phi) is 5.86. The summed E-state index contributed by atoms with van der Waals surface area (Å²) in [7, 11) is 0. The van der Waals surface area contributed by atoms with Gasteiger partial charge < -0.3 is 0 Å². The van der Waals surface area contributed by atoms with Gasteiger partial charge in [-0.2, -0.15) is 5.10 Å². The van der Waals surface area contributed by atoms with Gasteiger partial charge in [-0.05, 0) is 17.7 Å². The summed E-state index contributed by atoms with van der Waals surface area (Å²) >= 11 is 1.67. The standard InChI is InChI=1S/C16H16N2OS/c19-16(11-12-20-15-9-5-2-6-10-15)18-17-13-14-7-3-1-4-8-14/h1-10,13H,11-12H2,(H,18,19)/b17-13-. The van der Waals surface area contributed by atoms with Crippen molar-refractivity contribution < 1.29 is 4.79 Å². The average Bonchev–Trinajstić information content (AvgIpc) is 2.49. The van der Waals surface area contributed by atoms with Crippen molar-refractivity contribution in [1.29, 1.82) is 0 Å². The van der Waals surface area contributed by atoms with E-state index in [1.807, 2.05) is 60.7 Å². The van der Waals surface area contributed by atoms with Gasteiger partial charge in [0.1, 0.15) is 0 Å². The third-order valence-corrected chi connectivity index (χ3v) is 3.56. The minimum atomic E-state index is -0.0689. The summed E-state index contributed by atoms with van der Waals surface area (Å²) in [5, 5.41) is 3.93. The van der Waals surface area contributed by atoms with Gasteiger partial charge in [-0.15, -0.1) is 11.8 Å². The third-order valence-electron chi connectivity index (χ3n) is 2.54. The molecular formula is C16H16N2OS. The molecular weight excluding hydrogens is 268 g/mol. The Bertz CT molecular complexity index is 555. The highest BCUT2D eigenvalue weighted by Gasteiger charge is 2.00. The van der Waals surface area contributed by atoms with Crippen LogP contribution in [-0.4, -0.2) is 17.9 Å². The second-order valence-corrected chi connectivity index (χ2v) is 5.28. The SMILES string of the molecule is O=C(CCSc1ccccc1)N/N=C\c1ccccc1. The molecule has 0 saturated heterocycles. The molecule has 0 atom stereocenters. The van der Waals surface area contributed by atoms with Crippen LogP contribution in [0.4, 0.5) is 0 Å². The van der Waals surface area contributed by atoms with Crippen molar-refractivity contribution in [2.45, 2.75) is 11.3 Å². The van der Waals surface area contributed by atoms with Gasteiger partial charge in [0.15, 0.2) is 0 Å². The maximum atomic E-state index is 11.6. The average molecular weight is 284 g/mol. The van der Waals surface area contributed by atoms with Gasteiger partial charge in [0.2, 0.25) is 5.91 Å². The Morgan fingerprint density at radius 1 is 1.05 bits per heavy atom. The van der Waals surface area contributed by atoms with Crippen molar-refractivity contribution in [1.82, 2.24) is 5.43 Å². The molecule has 2 aromatic rings. The first-order valence-corrected chi connectivity index (χ1v) is 7.38. The molecule has 1 amide bonds. The van der Waals surface area contributed by atoms with Crippen molar-refractivity contribution in [3.8, 4) is 0 Å². The van der Waals surface area contributed by atoms with Crippen LogP contribution in [0.5, 0.6) is 0 Å². The molecule has 0 aliphatic carbocycles. The van der Waals surface area contributed by atoms with Crippen molar-refractivity contribution in [2.24, 2.45) is 5.10 Å². The van der Waals surface area contributed by atoms with Crippen molar-refractivity contribution in [2.75, 3.05) is 5.75 Å². The zero-order valence-corrected chi connectivity index (χ0v) is 11.8. The van der Waals surface area contributed by atoms with Crippen LogP contribution in [0.3, 0.4) is 0 Å². The number of hydrogen-bond donors (Lipinski definition) is 1. The summed E-state index contributed by atoms with van der Waals surface area (Å²) in [4.78, 5) is 12.8. The lowest BCUT2D eigenvalue weighted by atomic mass is 10.2. The minimum Gasteiger partial charge on any atom is -0.273 e. The number of hydrazone groups is 1. The Morgan fingerprint density at radius 3 is 2.40 bits per heavy atom. The molecule has 0 spiro atoms. The maximum absolute atomic E-state index is 11.6. The molecule has 0 aliphatic rings. The summed E-state index contributed by atoms with van der Waals surface area (Å²) in [6.07, 6.45) is 2.09. The van der Waals surface area contributed by atoms with E-state index >= 15 is 0 Å². The predicted octanol–water partition coefficient (Wildman–Crippen LogP) is 3.32. The minimum absolute atomic E-state index is 0.0689. The molecule has 3 nitrogen and oxygen atoms in total. The first kappa shape index (κ1) is 14.3. The van der Waals surface area contributed by atoms with Crippen molar-refractivity contribution in [3.63, 3.8) is 0 Å². The summed E-state index contributed by atoms with van der Waals surface area (Å²) in [6.45, 7) is 0. The molecule has 2 rings (SSSR count). The van der Waals surface area contributed by atoms with Gasteiger partial charge in [0, 0.05) is 17.1 Å². The van der Waals surface area contributed by atoms with Gasteiger partial charge >= 0.3 is 0 Å². The Balaban J connectivity index is 1.67. The number of carbonyl (C=O) groups is 1. The van der Waals surface area contributed by atoms with E-state index in [0.717, 1.165) is 11.3 Å². The smallest absolute Gasteiger partial charge is 0.240 e. The van der Waals surface area contributed by atoms with E-state index in [2.05, 4.69) is 10.5 Å². The van der Waals surface area contributed by atoms with Gasteiger partial charge in [-0.25, -0.2) is 5.43 Å². The first-order valence-electron chi connectivity index (χ1n) is 6.39. The zero-order chi connectivity index (χ0) is 14.0. The molecule has 0 unspecified atom stereocenters. The molecule has 4 heteroatoms. The lowest BCUT2D eigenvalue weighted by Crippen LogP contribution is -2.17. The van der Waals surface area contributed by atoms with E-state index in [1.54, 1.807) is 18.0 Å². The summed E-state index contributed by atoms with van der Waals surface area (Å²) in [5.41, 5.74) is 3.50. The quantitative estimate of drug-likeness (QED) is 0.502. The lowest BCUT2D eigenvalue weighted by Gasteiger charge is -2.01. The van der Waals surface area contributed by atoms with Crippen LogP contribution in [-0.2, 0) is 4.79 Å². The lowest BCUT2D eigenvalue weighted by molar-refractivity contribution is -0.120. The van der Waals surface area contributed by atoms with Crippen LogP contribution in [0.15, 0.2) is 70.7 Å². The van der Waals surface area contributed by atoms with Crippen molar-refractivity contribution >= 4 is 23.9 Å². The van der Waals surface area contributed by atoms with Crippen LogP contribution in [0, 0.1) is 0 Å². The van der Waals surface area contributed by atoms with E-state index in [4.69, 9.17) is 0 Å². The molecule has 20 heavy (non-hydrogen) atoms. The van der Waals surface area contributed by atoms with E-state index in [0.29, 0.717) is 6.42 Å². The Labute approximate surface area is 123 Å². The molecule has 0 heterocycles. The van der Waals surface area contributed by atoms with Crippen LogP contribution in [0.1, 0.15) is 12.0 Å². The fraction of sp³-hybridized carbons (Fsp3) is 0.125. The molecule has 0 fully saturated rings. The number of carbonyl (C=O) groups excluding carboxylic acids is 1. The molecule has 102 valence electrons. The number of hydrogen-bond acceptors (Lipinski definition) is 3. The molecule has 1 N–H and O–H groups in total. The molecule has 2 aromatic carbocycles. The van der Waals surface area contributed by atoms with Gasteiger partial charge in [-0.1, -0.05) is 48.5 Å². The largest absolute Gasteiger partial charge is 0.273 e. The number of amides is 1. The summed E-state index contributed by atoms with van der Waals surface area (Å²) < 4.78 is 0. The van der Waals surface area contributed by atoms with Crippen LogP contribution < -0.4 is 5.43 Å². The fourth-order valence-corrected chi connectivity index (χ4v) is 2.42. The summed E-state index contributed by atoms with van der Waals surface area (Å²) in [6, 6.07) is 19.7. The number of nitrogens with zero attached hydrogens (tertiary/aromatic N) is 1. The van der Waals surface area contributed by atoms with E-state index in [9.17, 15) is 4.79 Å². The highest BCUT2D eigenvalue weighted by Crippen LogP contribution is 2.17. The van der Waals surface area contributed by atoms with Crippen LogP contribution in [0.25, 0.3) is 0 Å². The third kappa shape index (κ3) is 5.28. The number of rotatable bonds is 6. The van der Waals surface area contributed by atoms with E-state index in [1.165, 1.54) is 4.90 Å². The topological polar surface area (TPSA) is 41.5 Å². The van der Waals surface area contributed by atoms with Crippen LogP contribution in [0.2, 0.25) is 0 Å².